The van der Waals surface area contributed by atoms with Gasteiger partial charge >= 0.3 is 0 Å². The van der Waals surface area contributed by atoms with Crippen molar-refractivity contribution in [2.75, 3.05) is 0 Å². The van der Waals surface area contributed by atoms with Gasteiger partial charge in [-0.05, 0) is 32.4 Å². The van der Waals surface area contributed by atoms with Gasteiger partial charge in [-0.1, -0.05) is 24.3 Å². The van der Waals surface area contributed by atoms with Crippen LogP contribution < -0.4 is 5.32 Å². The van der Waals surface area contributed by atoms with Gasteiger partial charge in [0.1, 0.15) is 0 Å². The molecule has 0 aliphatic heterocycles. The molecule has 2 atom stereocenters. The van der Waals surface area contributed by atoms with Gasteiger partial charge < -0.3 is 5.32 Å². The van der Waals surface area contributed by atoms with E-state index < -0.39 is 0 Å². The molecule has 0 spiro atoms. The van der Waals surface area contributed by atoms with Gasteiger partial charge in [-0.15, -0.1) is 6.58 Å². The van der Waals surface area contributed by atoms with E-state index in [0.29, 0.717) is 6.04 Å². The van der Waals surface area contributed by atoms with Crippen LogP contribution in [0.5, 0.6) is 0 Å². The first-order chi connectivity index (χ1) is 9.20. The highest BCUT2D eigenvalue weighted by Crippen LogP contribution is 2.15. The first-order valence-corrected chi connectivity index (χ1v) is 6.67. The molecule has 0 aliphatic carbocycles. The summed E-state index contributed by atoms with van der Waals surface area (Å²) < 4.78 is 1.91. The average molecular weight is 255 g/mol. The second-order valence-electron chi connectivity index (χ2n) is 4.87. The van der Waals surface area contributed by atoms with Crippen molar-refractivity contribution >= 4 is 0 Å². The second-order valence-corrected chi connectivity index (χ2v) is 4.87. The standard InChI is InChI=1S/C16H21N3/c1-4-8-13(2)18-14(3)15-11-17-19(12-15)16-9-6-5-7-10-16/h4-7,9-14,18H,1,8H2,2-3H3. The summed E-state index contributed by atoms with van der Waals surface area (Å²) in [6.07, 6.45) is 6.91. The van der Waals surface area contributed by atoms with Crippen molar-refractivity contribution in [1.82, 2.24) is 15.1 Å². The van der Waals surface area contributed by atoms with Crippen LogP contribution in [0.4, 0.5) is 0 Å². The lowest BCUT2D eigenvalue weighted by atomic mass is 10.1. The highest BCUT2D eigenvalue weighted by molar-refractivity contribution is 5.31. The minimum Gasteiger partial charge on any atom is -0.307 e. The van der Waals surface area contributed by atoms with E-state index in [0.717, 1.165) is 12.1 Å². The van der Waals surface area contributed by atoms with Gasteiger partial charge in [0, 0.05) is 23.8 Å². The van der Waals surface area contributed by atoms with Crippen LogP contribution in [-0.4, -0.2) is 15.8 Å². The molecule has 100 valence electrons. The Balaban J connectivity index is 2.06. The maximum atomic E-state index is 4.42. The normalized spacial score (nSPS) is 14.0. The largest absolute Gasteiger partial charge is 0.307 e. The molecule has 0 fully saturated rings. The smallest absolute Gasteiger partial charge is 0.0645 e. The topological polar surface area (TPSA) is 29.9 Å². The lowest BCUT2D eigenvalue weighted by molar-refractivity contribution is 0.482. The van der Waals surface area contributed by atoms with Gasteiger partial charge in [-0.25, -0.2) is 4.68 Å². The van der Waals surface area contributed by atoms with Crippen LogP contribution in [0.3, 0.4) is 0 Å². The summed E-state index contributed by atoms with van der Waals surface area (Å²) in [5, 5.41) is 7.95. The number of hydrogen-bond donors (Lipinski definition) is 1. The third kappa shape index (κ3) is 3.55. The lowest BCUT2D eigenvalue weighted by Crippen LogP contribution is -2.28. The molecule has 3 nitrogen and oxygen atoms in total. The number of aromatic nitrogens is 2. The fourth-order valence-corrected chi connectivity index (χ4v) is 2.12. The van der Waals surface area contributed by atoms with Crippen LogP contribution in [0.2, 0.25) is 0 Å². The number of nitrogens with zero attached hydrogens (tertiary/aromatic N) is 2. The van der Waals surface area contributed by atoms with Crippen LogP contribution in [0.15, 0.2) is 55.4 Å². The van der Waals surface area contributed by atoms with Crippen LogP contribution in [-0.2, 0) is 0 Å². The van der Waals surface area contributed by atoms with Gasteiger partial charge in [-0.3, -0.25) is 0 Å². The van der Waals surface area contributed by atoms with Gasteiger partial charge in [0.25, 0.3) is 0 Å². The Hall–Kier alpha value is -1.87. The summed E-state index contributed by atoms with van der Waals surface area (Å²) in [7, 11) is 0. The molecule has 0 aliphatic rings. The van der Waals surface area contributed by atoms with E-state index in [1.165, 1.54) is 5.56 Å². The van der Waals surface area contributed by atoms with E-state index in [4.69, 9.17) is 0 Å². The molecule has 1 heterocycles. The van der Waals surface area contributed by atoms with Gasteiger partial charge in [-0.2, -0.15) is 5.10 Å². The molecule has 2 aromatic rings. The van der Waals surface area contributed by atoms with E-state index >= 15 is 0 Å². The molecule has 0 saturated carbocycles. The Morgan fingerprint density at radius 3 is 2.74 bits per heavy atom. The average Bonchev–Trinajstić information content (AvgIpc) is 2.89. The van der Waals surface area contributed by atoms with E-state index in [2.05, 4.69) is 49.2 Å². The van der Waals surface area contributed by atoms with Crippen molar-refractivity contribution in [1.29, 1.82) is 0 Å². The molecule has 1 aromatic carbocycles. The SMILES string of the molecule is C=CCC(C)NC(C)c1cnn(-c2ccccc2)c1. The number of hydrogen-bond acceptors (Lipinski definition) is 2. The monoisotopic (exact) mass is 255 g/mol. The maximum absolute atomic E-state index is 4.42. The number of benzene rings is 1. The number of nitrogens with one attached hydrogen (secondary N) is 1. The zero-order valence-corrected chi connectivity index (χ0v) is 11.6. The molecule has 2 rings (SSSR count). The molecule has 19 heavy (non-hydrogen) atoms. The lowest BCUT2D eigenvalue weighted by Gasteiger charge is -2.17. The minimum absolute atomic E-state index is 0.285. The fourth-order valence-electron chi connectivity index (χ4n) is 2.12. The van der Waals surface area contributed by atoms with Gasteiger partial charge in [0.2, 0.25) is 0 Å². The molecule has 0 bridgehead atoms. The molecule has 1 N–H and O–H groups in total. The Labute approximate surface area is 115 Å². The van der Waals surface area contributed by atoms with Crippen molar-refractivity contribution in [3.8, 4) is 5.69 Å². The zero-order chi connectivity index (χ0) is 13.7. The summed E-state index contributed by atoms with van der Waals surface area (Å²) in [5.74, 6) is 0. The van der Waals surface area contributed by atoms with Crippen LogP contribution >= 0.6 is 0 Å². The summed E-state index contributed by atoms with van der Waals surface area (Å²) in [6, 6.07) is 10.9. The van der Waals surface area contributed by atoms with Crippen LogP contribution in [0.1, 0.15) is 31.9 Å². The maximum Gasteiger partial charge on any atom is 0.0645 e. The fraction of sp³-hybridized carbons (Fsp3) is 0.312. The predicted octanol–water partition coefficient (Wildman–Crippen LogP) is 3.49. The summed E-state index contributed by atoms with van der Waals surface area (Å²) in [5.41, 5.74) is 2.28. The van der Waals surface area contributed by atoms with Crippen molar-refractivity contribution in [3.05, 3.63) is 60.9 Å². The minimum atomic E-state index is 0.285. The van der Waals surface area contributed by atoms with Crippen molar-refractivity contribution < 1.29 is 0 Å². The van der Waals surface area contributed by atoms with Gasteiger partial charge in [0.05, 0.1) is 11.9 Å². The highest BCUT2D eigenvalue weighted by atomic mass is 15.3. The quantitative estimate of drug-likeness (QED) is 0.801. The third-order valence-electron chi connectivity index (χ3n) is 3.18. The van der Waals surface area contributed by atoms with Crippen LogP contribution in [0, 0.1) is 0 Å². The Morgan fingerprint density at radius 2 is 2.05 bits per heavy atom. The predicted molar refractivity (Wildman–Crippen MR) is 79.4 cm³/mol. The molecule has 1 aromatic heterocycles. The molecular weight excluding hydrogens is 234 g/mol. The molecule has 0 saturated heterocycles. The van der Waals surface area contributed by atoms with Gasteiger partial charge in [0.15, 0.2) is 0 Å². The summed E-state index contributed by atoms with van der Waals surface area (Å²) in [4.78, 5) is 0. The van der Waals surface area contributed by atoms with Crippen molar-refractivity contribution in [3.63, 3.8) is 0 Å². The first-order valence-electron chi connectivity index (χ1n) is 6.67. The second kappa shape index (κ2) is 6.34. The summed E-state index contributed by atoms with van der Waals surface area (Å²) >= 11 is 0. The van der Waals surface area contributed by atoms with E-state index in [1.54, 1.807) is 0 Å². The third-order valence-corrected chi connectivity index (χ3v) is 3.18. The summed E-state index contributed by atoms with van der Waals surface area (Å²) in [6.45, 7) is 8.09. The first kappa shape index (κ1) is 13.6. The Morgan fingerprint density at radius 1 is 1.32 bits per heavy atom. The molecule has 2 unspecified atom stereocenters. The molecule has 0 amide bonds. The van der Waals surface area contributed by atoms with Crippen molar-refractivity contribution in [2.45, 2.75) is 32.4 Å². The molecular formula is C16H21N3. The Bertz CT molecular complexity index is 516. The zero-order valence-electron chi connectivity index (χ0n) is 11.6. The van der Waals surface area contributed by atoms with E-state index in [9.17, 15) is 0 Å². The van der Waals surface area contributed by atoms with Crippen molar-refractivity contribution in [2.24, 2.45) is 0 Å². The number of para-hydroxylation sites is 1. The molecule has 0 radical (unpaired) electrons. The highest BCUT2D eigenvalue weighted by Gasteiger charge is 2.10. The molecule has 3 heteroatoms. The van der Waals surface area contributed by atoms with E-state index in [-0.39, 0.29) is 6.04 Å². The van der Waals surface area contributed by atoms with E-state index in [1.807, 2.05) is 35.2 Å². The van der Waals surface area contributed by atoms with Crippen LogP contribution in [0.25, 0.3) is 5.69 Å². The Kier molecular flexibility index (Phi) is 4.53. The number of rotatable bonds is 6.